The van der Waals surface area contributed by atoms with Crippen LogP contribution in [0.2, 0.25) is 0 Å². The van der Waals surface area contributed by atoms with E-state index in [0.717, 1.165) is 25.2 Å². The van der Waals surface area contributed by atoms with Gasteiger partial charge in [-0.3, -0.25) is 4.98 Å². The lowest BCUT2D eigenvalue weighted by molar-refractivity contribution is 0.543. The molecule has 1 aromatic carbocycles. The summed E-state index contributed by atoms with van der Waals surface area (Å²) in [5.74, 6) is 0. The molecule has 2 rings (SSSR count). The number of aromatic nitrogens is 1. The Labute approximate surface area is 134 Å². The number of nitrogens with one attached hydrogen (secondary N) is 2. The van der Waals surface area contributed by atoms with E-state index in [0.29, 0.717) is 12.1 Å². The number of rotatable bonds is 8. The van der Waals surface area contributed by atoms with Gasteiger partial charge < -0.3 is 10.6 Å². The van der Waals surface area contributed by atoms with E-state index in [1.165, 1.54) is 11.1 Å². The Kier molecular flexibility index (Phi) is 6.56. The summed E-state index contributed by atoms with van der Waals surface area (Å²) in [7, 11) is 0. The van der Waals surface area contributed by atoms with Crippen LogP contribution < -0.4 is 10.6 Å². The van der Waals surface area contributed by atoms with Crippen LogP contribution in [0.3, 0.4) is 0 Å². The number of benzene rings is 1. The quantitative estimate of drug-likeness (QED) is 0.785. The summed E-state index contributed by atoms with van der Waals surface area (Å²) in [5.41, 5.74) is 3.77. The first-order chi connectivity index (χ1) is 10.6. The highest BCUT2D eigenvalue weighted by molar-refractivity contribution is 5.18. The van der Waals surface area contributed by atoms with Gasteiger partial charge in [-0.15, -0.1) is 0 Å². The van der Waals surface area contributed by atoms with Gasteiger partial charge in [-0.25, -0.2) is 0 Å². The minimum Gasteiger partial charge on any atom is -0.310 e. The molecular formula is C19H27N3. The largest absolute Gasteiger partial charge is 0.310 e. The van der Waals surface area contributed by atoms with Gasteiger partial charge in [-0.2, -0.15) is 0 Å². The van der Waals surface area contributed by atoms with Gasteiger partial charge in [0.15, 0.2) is 0 Å². The maximum atomic E-state index is 4.43. The molecule has 3 nitrogen and oxygen atoms in total. The summed E-state index contributed by atoms with van der Waals surface area (Å²) >= 11 is 0. The fourth-order valence-corrected chi connectivity index (χ4v) is 2.37. The molecule has 2 N–H and O–H groups in total. The van der Waals surface area contributed by atoms with E-state index in [1.807, 2.05) is 6.20 Å². The van der Waals surface area contributed by atoms with Crippen LogP contribution in [0.4, 0.5) is 0 Å². The first-order valence-corrected chi connectivity index (χ1v) is 8.08. The van der Waals surface area contributed by atoms with Gasteiger partial charge in [0, 0.05) is 31.4 Å². The van der Waals surface area contributed by atoms with Crippen LogP contribution in [-0.2, 0) is 19.5 Å². The van der Waals surface area contributed by atoms with Gasteiger partial charge in [-0.1, -0.05) is 44.2 Å². The zero-order valence-electron chi connectivity index (χ0n) is 13.8. The fraction of sp³-hybridized carbons (Fsp3) is 0.421. The predicted molar refractivity (Wildman–Crippen MR) is 92.7 cm³/mol. The summed E-state index contributed by atoms with van der Waals surface area (Å²) in [4.78, 5) is 4.43. The second-order valence-corrected chi connectivity index (χ2v) is 6.16. The van der Waals surface area contributed by atoms with Crippen molar-refractivity contribution in [2.24, 2.45) is 0 Å². The summed E-state index contributed by atoms with van der Waals surface area (Å²) < 4.78 is 0. The average Bonchev–Trinajstić information content (AvgIpc) is 2.52. The molecule has 0 amide bonds. The zero-order valence-corrected chi connectivity index (χ0v) is 13.8. The maximum Gasteiger partial charge on any atom is 0.0544 e. The molecule has 0 spiro atoms. The van der Waals surface area contributed by atoms with Crippen molar-refractivity contribution < 1.29 is 0 Å². The summed E-state index contributed by atoms with van der Waals surface area (Å²) in [6, 6.07) is 15.8. The molecule has 0 saturated carbocycles. The van der Waals surface area contributed by atoms with E-state index in [2.05, 4.69) is 78.9 Å². The van der Waals surface area contributed by atoms with Crippen LogP contribution in [-0.4, -0.2) is 17.1 Å². The lowest BCUT2D eigenvalue weighted by Crippen LogP contribution is -2.27. The number of hydrogen-bond donors (Lipinski definition) is 2. The van der Waals surface area contributed by atoms with Crippen LogP contribution >= 0.6 is 0 Å². The van der Waals surface area contributed by atoms with Crippen LogP contribution in [0.15, 0.2) is 48.7 Å². The molecule has 0 bridgehead atoms. The monoisotopic (exact) mass is 297 g/mol. The van der Waals surface area contributed by atoms with E-state index < -0.39 is 0 Å². The molecule has 22 heavy (non-hydrogen) atoms. The summed E-state index contributed by atoms with van der Waals surface area (Å²) in [6.45, 7) is 8.28. The first kappa shape index (κ1) is 16.7. The molecule has 3 heteroatoms. The molecule has 1 atom stereocenters. The molecule has 118 valence electrons. The zero-order chi connectivity index (χ0) is 15.8. The fourth-order valence-electron chi connectivity index (χ4n) is 2.37. The second kappa shape index (κ2) is 8.66. The third-order valence-electron chi connectivity index (χ3n) is 3.61. The Hall–Kier alpha value is -1.71. The second-order valence-electron chi connectivity index (χ2n) is 6.16. The highest BCUT2D eigenvalue weighted by Gasteiger charge is 2.05. The molecule has 0 aliphatic rings. The van der Waals surface area contributed by atoms with Crippen molar-refractivity contribution in [1.82, 2.24) is 15.6 Å². The molecule has 0 aliphatic carbocycles. The highest BCUT2D eigenvalue weighted by Crippen LogP contribution is 2.07. The van der Waals surface area contributed by atoms with Crippen LogP contribution in [0.1, 0.15) is 37.6 Å². The van der Waals surface area contributed by atoms with Crippen molar-refractivity contribution in [2.75, 3.05) is 0 Å². The topological polar surface area (TPSA) is 37.0 Å². The Bertz CT molecular complexity index is 552. The third kappa shape index (κ3) is 5.96. The van der Waals surface area contributed by atoms with Crippen molar-refractivity contribution in [2.45, 2.75) is 52.4 Å². The molecule has 0 aliphatic heterocycles. The lowest BCUT2D eigenvalue weighted by Gasteiger charge is -2.15. The molecule has 2 aromatic rings. The van der Waals surface area contributed by atoms with E-state index in [-0.39, 0.29) is 0 Å². The van der Waals surface area contributed by atoms with Gasteiger partial charge >= 0.3 is 0 Å². The Morgan fingerprint density at radius 3 is 2.41 bits per heavy atom. The van der Waals surface area contributed by atoms with Gasteiger partial charge in [0.05, 0.1) is 5.69 Å². The third-order valence-corrected chi connectivity index (χ3v) is 3.61. The van der Waals surface area contributed by atoms with Crippen molar-refractivity contribution in [1.29, 1.82) is 0 Å². The number of nitrogens with zero attached hydrogens (tertiary/aromatic N) is 1. The maximum absolute atomic E-state index is 4.43. The predicted octanol–water partition coefficient (Wildman–Crippen LogP) is 3.30. The molecule has 0 fully saturated rings. The summed E-state index contributed by atoms with van der Waals surface area (Å²) in [6.07, 6.45) is 2.93. The molecule has 0 saturated heterocycles. The van der Waals surface area contributed by atoms with Crippen molar-refractivity contribution in [3.05, 3.63) is 65.5 Å². The number of hydrogen-bond acceptors (Lipinski definition) is 3. The minimum atomic E-state index is 0.438. The van der Waals surface area contributed by atoms with Gasteiger partial charge in [0.1, 0.15) is 0 Å². The van der Waals surface area contributed by atoms with Crippen LogP contribution in [0, 0.1) is 0 Å². The Morgan fingerprint density at radius 1 is 0.909 bits per heavy atom. The molecule has 1 heterocycles. The Balaban J connectivity index is 1.83. The highest BCUT2D eigenvalue weighted by atomic mass is 14.9. The van der Waals surface area contributed by atoms with E-state index in [1.54, 1.807) is 0 Å². The van der Waals surface area contributed by atoms with Gasteiger partial charge in [-0.05, 0) is 36.6 Å². The van der Waals surface area contributed by atoms with E-state index >= 15 is 0 Å². The summed E-state index contributed by atoms with van der Waals surface area (Å²) in [5, 5.41) is 6.99. The number of pyridine rings is 1. The van der Waals surface area contributed by atoms with Crippen molar-refractivity contribution in [3.8, 4) is 0 Å². The van der Waals surface area contributed by atoms with Crippen molar-refractivity contribution >= 4 is 0 Å². The van der Waals surface area contributed by atoms with E-state index in [9.17, 15) is 0 Å². The van der Waals surface area contributed by atoms with Gasteiger partial charge in [0.2, 0.25) is 0 Å². The average molecular weight is 297 g/mol. The molecule has 1 unspecified atom stereocenters. The van der Waals surface area contributed by atoms with E-state index in [4.69, 9.17) is 0 Å². The Morgan fingerprint density at radius 2 is 1.68 bits per heavy atom. The first-order valence-electron chi connectivity index (χ1n) is 8.08. The molecular weight excluding hydrogens is 270 g/mol. The van der Waals surface area contributed by atoms with Gasteiger partial charge in [0.25, 0.3) is 0 Å². The minimum absolute atomic E-state index is 0.438. The van der Waals surface area contributed by atoms with Crippen molar-refractivity contribution in [3.63, 3.8) is 0 Å². The normalized spacial score (nSPS) is 12.5. The van der Waals surface area contributed by atoms with Crippen LogP contribution in [0.5, 0.6) is 0 Å². The standard InChI is InChI=1S/C19H27N3/c1-15(2)21-14-19-12-18(9-10-20-19)11-16(3)22-13-17-7-5-4-6-8-17/h4-10,12,15-16,21-22H,11,13-14H2,1-3H3. The SMILES string of the molecule is CC(C)NCc1cc(CC(C)NCc2ccccc2)ccn1. The smallest absolute Gasteiger partial charge is 0.0544 e. The van der Waals surface area contributed by atoms with Crippen LogP contribution in [0.25, 0.3) is 0 Å². The molecule has 1 aromatic heterocycles. The molecule has 0 radical (unpaired) electrons. The lowest BCUT2D eigenvalue weighted by atomic mass is 10.1.